The van der Waals surface area contributed by atoms with Crippen LogP contribution in [0.1, 0.15) is 6.92 Å². The lowest BCUT2D eigenvalue weighted by Gasteiger charge is -2.14. The molecule has 3 rings (SSSR count). The zero-order valence-corrected chi connectivity index (χ0v) is 12.1. The van der Waals surface area contributed by atoms with E-state index in [1.807, 2.05) is 29.6 Å². The van der Waals surface area contributed by atoms with Crippen LogP contribution < -0.4 is 10.6 Å². The van der Waals surface area contributed by atoms with E-state index in [1.165, 1.54) is 0 Å². The van der Waals surface area contributed by atoms with Gasteiger partial charge in [-0.25, -0.2) is 4.98 Å². The zero-order valence-electron chi connectivity index (χ0n) is 11.3. The summed E-state index contributed by atoms with van der Waals surface area (Å²) in [6.07, 6.45) is 1.80. The van der Waals surface area contributed by atoms with Crippen molar-refractivity contribution < 1.29 is 4.79 Å². The second kappa shape index (κ2) is 5.73. The number of carbonyl (C=O) groups is 1. The van der Waals surface area contributed by atoms with Gasteiger partial charge >= 0.3 is 0 Å². The Morgan fingerprint density at radius 1 is 1.35 bits per heavy atom. The van der Waals surface area contributed by atoms with E-state index in [2.05, 4.69) is 22.5 Å². The molecule has 4 nitrogen and oxygen atoms in total. The van der Waals surface area contributed by atoms with E-state index in [0.29, 0.717) is 5.92 Å². The third-order valence-electron chi connectivity index (χ3n) is 3.69. The van der Waals surface area contributed by atoms with Gasteiger partial charge in [-0.15, -0.1) is 11.3 Å². The minimum atomic E-state index is 0.0636. The topological polar surface area (TPSA) is 54.0 Å². The average molecular weight is 287 g/mol. The number of rotatable bonds is 3. The normalized spacial score (nSPS) is 21.9. The molecular weight excluding hydrogens is 270 g/mol. The van der Waals surface area contributed by atoms with Crippen molar-refractivity contribution in [2.75, 3.05) is 18.4 Å². The van der Waals surface area contributed by atoms with Crippen LogP contribution in [0.15, 0.2) is 35.8 Å². The fourth-order valence-electron chi connectivity index (χ4n) is 2.46. The van der Waals surface area contributed by atoms with Gasteiger partial charge in [-0.2, -0.15) is 0 Å². The van der Waals surface area contributed by atoms with Crippen LogP contribution in [-0.2, 0) is 4.79 Å². The maximum atomic E-state index is 12.2. The summed E-state index contributed by atoms with van der Waals surface area (Å²) in [5.74, 6) is 0.558. The maximum Gasteiger partial charge on any atom is 0.229 e. The van der Waals surface area contributed by atoms with Crippen LogP contribution in [0.2, 0.25) is 0 Å². The number of benzene rings is 1. The van der Waals surface area contributed by atoms with Gasteiger partial charge in [0.2, 0.25) is 5.91 Å². The highest BCUT2D eigenvalue weighted by Gasteiger charge is 2.29. The van der Waals surface area contributed by atoms with E-state index in [0.717, 1.165) is 29.3 Å². The van der Waals surface area contributed by atoms with E-state index in [4.69, 9.17) is 0 Å². The molecule has 2 N–H and O–H groups in total. The van der Waals surface area contributed by atoms with Gasteiger partial charge in [0.25, 0.3) is 0 Å². The van der Waals surface area contributed by atoms with Gasteiger partial charge in [-0.05, 0) is 36.7 Å². The van der Waals surface area contributed by atoms with Crippen LogP contribution in [0.4, 0.5) is 5.69 Å². The SMILES string of the molecule is CC1CNCC1C(=O)Nc1ccc(-c2nccs2)cc1. The molecule has 2 unspecified atom stereocenters. The molecule has 0 bridgehead atoms. The van der Waals surface area contributed by atoms with Crippen LogP contribution >= 0.6 is 11.3 Å². The van der Waals surface area contributed by atoms with Crippen LogP contribution in [0.25, 0.3) is 10.6 Å². The van der Waals surface area contributed by atoms with Crippen molar-refractivity contribution >= 4 is 22.9 Å². The van der Waals surface area contributed by atoms with Gasteiger partial charge in [0.1, 0.15) is 5.01 Å². The van der Waals surface area contributed by atoms with Gasteiger partial charge in [0.15, 0.2) is 0 Å². The summed E-state index contributed by atoms with van der Waals surface area (Å²) in [4.78, 5) is 16.5. The monoisotopic (exact) mass is 287 g/mol. The highest BCUT2D eigenvalue weighted by molar-refractivity contribution is 7.13. The summed E-state index contributed by atoms with van der Waals surface area (Å²) in [7, 11) is 0. The highest BCUT2D eigenvalue weighted by Crippen LogP contribution is 2.24. The number of carbonyl (C=O) groups excluding carboxylic acids is 1. The van der Waals surface area contributed by atoms with Crippen molar-refractivity contribution in [3.05, 3.63) is 35.8 Å². The fraction of sp³-hybridized carbons (Fsp3) is 0.333. The summed E-state index contributed by atoms with van der Waals surface area (Å²) in [6, 6.07) is 7.85. The van der Waals surface area contributed by atoms with Crippen LogP contribution in [0.5, 0.6) is 0 Å². The molecule has 0 aliphatic carbocycles. The Morgan fingerprint density at radius 2 is 2.15 bits per heavy atom. The molecule has 2 atom stereocenters. The number of thiazole rings is 1. The summed E-state index contributed by atoms with van der Waals surface area (Å²) < 4.78 is 0. The lowest BCUT2D eigenvalue weighted by atomic mass is 9.97. The third kappa shape index (κ3) is 2.73. The van der Waals surface area contributed by atoms with Gasteiger partial charge in [-0.1, -0.05) is 6.92 Å². The standard InChI is InChI=1S/C15H17N3OS/c1-10-8-16-9-13(10)14(19)18-12-4-2-11(3-5-12)15-17-6-7-20-15/h2-7,10,13,16H,8-9H2,1H3,(H,18,19). The van der Waals surface area contributed by atoms with Gasteiger partial charge in [-0.3, -0.25) is 4.79 Å². The molecule has 0 spiro atoms. The number of aromatic nitrogens is 1. The first-order valence-electron chi connectivity index (χ1n) is 6.75. The molecule has 2 heterocycles. The first kappa shape index (κ1) is 13.3. The smallest absolute Gasteiger partial charge is 0.229 e. The lowest BCUT2D eigenvalue weighted by Crippen LogP contribution is -2.27. The first-order valence-corrected chi connectivity index (χ1v) is 7.63. The molecule has 0 radical (unpaired) electrons. The van der Waals surface area contributed by atoms with Gasteiger partial charge in [0, 0.05) is 29.4 Å². The minimum Gasteiger partial charge on any atom is -0.326 e. The quantitative estimate of drug-likeness (QED) is 0.912. The average Bonchev–Trinajstić information content (AvgIpc) is 3.10. The Balaban J connectivity index is 1.68. The van der Waals surface area contributed by atoms with Crippen molar-refractivity contribution in [1.29, 1.82) is 0 Å². The Labute approximate surface area is 122 Å². The summed E-state index contributed by atoms with van der Waals surface area (Å²) in [5, 5.41) is 9.19. The molecule has 104 valence electrons. The number of anilines is 1. The molecule has 1 fully saturated rings. The van der Waals surface area contributed by atoms with Crippen LogP contribution in [0.3, 0.4) is 0 Å². The van der Waals surface area contributed by atoms with Crippen molar-refractivity contribution in [3.63, 3.8) is 0 Å². The van der Waals surface area contributed by atoms with E-state index in [9.17, 15) is 4.79 Å². The Kier molecular flexibility index (Phi) is 3.80. The van der Waals surface area contributed by atoms with Gasteiger partial charge < -0.3 is 10.6 Å². The van der Waals surface area contributed by atoms with E-state index >= 15 is 0 Å². The summed E-state index contributed by atoms with van der Waals surface area (Å²) in [5.41, 5.74) is 1.92. The van der Waals surface area contributed by atoms with Crippen molar-refractivity contribution in [2.24, 2.45) is 11.8 Å². The first-order chi connectivity index (χ1) is 9.74. The van der Waals surface area contributed by atoms with E-state index in [-0.39, 0.29) is 11.8 Å². The number of nitrogens with one attached hydrogen (secondary N) is 2. The molecule has 1 aliphatic heterocycles. The number of amides is 1. The van der Waals surface area contributed by atoms with Crippen LogP contribution in [0, 0.1) is 11.8 Å². The molecule has 1 aromatic carbocycles. The second-order valence-electron chi connectivity index (χ2n) is 5.15. The van der Waals surface area contributed by atoms with Crippen molar-refractivity contribution in [3.8, 4) is 10.6 Å². The number of nitrogens with zero attached hydrogens (tertiary/aromatic N) is 1. The second-order valence-corrected chi connectivity index (χ2v) is 6.04. The molecule has 1 aliphatic rings. The summed E-state index contributed by atoms with van der Waals surface area (Å²) >= 11 is 1.61. The Hall–Kier alpha value is -1.72. The minimum absolute atomic E-state index is 0.0636. The molecule has 1 saturated heterocycles. The molecule has 5 heteroatoms. The largest absolute Gasteiger partial charge is 0.326 e. The zero-order chi connectivity index (χ0) is 13.9. The number of hydrogen-bond acceptors (Lipinski definition) is 4. The predicted octanol–water partition coefficient (Wildman–Crippen LogP) is 2.60. The highest BCUT2D eigenvalue weighted by atomic mass is 32.1. The molecule has 2 aromatic rings. The maximum absolute atomic E-state index is 12.2. The molecule has 1 aromatic heterocycles. The Bertz CT molecular complexity index is 580. The van der Waals surface area contributed by atoms with Crippen molar-refractivity contribution in [1.82, 2.24) is 10.3 Å². The number of hydrogen-bond donors (Lipinski definition) is 2. The van der Waals surface area contributed by atoms with E-state index in [1.54, 1.807) is 17.5 Å². The molecule has 0 saturated carbocycles. The predicted molar refractivity (Wildman–Crippen MR) is 81.7 cm³/mol. The molecular formula is C15H17N3OS. The van der Waals surface area contributed by atoms with Crippen LogP contribution in [-0.4, -0.2) is 24.0 Å². The lowest BCUT2D eigenvalue weighted by molar-refractivity contribution is -0.120. The summed E-state index contributed by atoms with van der Waals surface area (Å²) in [6.45, 7) is 3.79. The van der Waals surface area contributed by atoms with Crippen molar-refractivity contribution in [2.45, 2.75) is 6.92 Å². The molecule has 1 amide bonds. The Morgan fingerprint density at radius 3 is 2.75 bits per heavy atom. The fourth-order valence-corrected chi connectivity index (χ4v) is 3.10. The van der Waals surface area contributed by atoms with E-state index < -0.39 is 0 Å². The van der Waals surface area contributed by atoms with Gasteiger partial charge in [0.05, 0.1) is 5.92 Å². The third-order valence-corrected chi connectivity index (χ3v) is 4.51. The molecule has 20 heavy (non-hydrogen) atoms.